The zero-order chi connectivity index (χ0) is 23.8. The first-order valence-corrected chi connectivity index (χ1v) is 12.0. The van der Waals surface area contributed by atoms with Crippen LogP contribution in [0.1, 0.15) is 38.3 Å². The van der Waals surface area contributed by atoms with Gasteiger partial charge in [0.2, 0.25) is 11.8 Å². The van der Waals surface area contributed by atoms with Crippen LogP contribution in [0.3, 0.4) is 0 Å². The molecular weight excluding hydrogens is 416 g/mol. The highest BCUT2D eigenvalue weighted by Gasteiger charge is 2.25. The van der Waals surface area contributed by atoms with Gasteiger partial charge in [0.15, 0.2) is 0 Å². The molecule has 0 bridgehead atoms. The highest BCUT2D eigenvalue weighted by Crippen LogP contribution is 2.11. The van der Waals surface area contributed by atoms with Gasteiger partial charge in [0.1, 0.15) is 0 Å². The van der Waals surface area contributed by atoms with Crippen molar-refractivity contribution in [3.8, 4) is 6.07 Å². The number of carbonyl (C=O) groups excluding carboxylic acids is 2. The molecule has 8 nitrogen and oxygen atoms in total. The maximum atomic E-state index is 12.9. The second kappa shape index (κ2) is 11.6. The Morgan fingerprint density at radius 1 is 0.879 bits per heavy atom. The summed E-state index contributed by atoms with van der Waals surface area (Å²) >= 11 is 0. The van der Waals surface area contributed by atoms with Gasteiger partial charge in [-0.3, -0.25) is 24.3 Å². The van der Waals surface area contributed by atoms with Gasteiger partial charge in [-0.05, 0) is 58.0 Å². The van der Waals surface area contributed by atoms with Gasteiger partial charge in [-0.25, -0.2) is 0 Å². The minimum absolute atomic E-state index is 0.0393. The van der Waals surface area contributed by atoms with E-state index in [0.717, 1.165) is 52.2 Å². The predicted octanol–water partition coefficient (Wildman–Crippen LogP) is 1.12. The first-order chi connectivity index (χ1) is 15.7. The maximum absolute atomic E-state index is 12.9. The van der Waals surface area contributed by atoms with Crippen molar-refractivity contribution in [2.45, 2.75) is 39.3 Å². The van der Waals surface area contributed by atoms with Crippen molar-refractivity contribution in [2.75, 3.05) is 65.4 Å². The largest absolute Gasteiger partial charge is 0.350 e. The van der Waals surface area contributed by atoms with Gasteiger partial charge in [0.05, 0.1) is 24.7 Å². The van der Waals surface area contributed by atoms with E-state index >= 15 is 0 Å². The van der Waals surface area contributed by atoms with Crippen molar-refractivity contribution in [3.05, 3.63) is 35.4 Å². The molecule has 0 spiro atoms. The SMILES string of the molecule is CC(C)(C)NC(=O)CN1CCN(C(=O)CN2CCCN(Cc3ccc(C#N)cc3)CC2)CC1. The molecule has 33 heavy (non-hydrogen) atoms. The molecule has 2 amide bonds. The van der Waals surface area contributed by atoms with E-state index in [1.807, 2.05) is 49.9 Å². The Morgan fingerprint density at radius 2 is 1.45 bits per heavy atom. The quantitative estimate of drug-likeness (QED) is 0.694. The Kier molecular flexibility index (Phi) is 8.84. The fraction of sp³-hybridized carbons (Fsp3) is 0.640. The Hall–Kier alpha value is -2.47. The number of benzene rings is 1. The van der Waals surface area contributed by atoms with Crippen LogP contribution >= 0.6 is 0 Å². The van der Waals surface area contributed by atoms with Crippen molar-refractivity contribution in [1.82, 2.24) is 24.9 Å². The number of carbonyl (C=O) groups is 2. The lowest BCUT2D eigenvalue weighted by atomic mass is 10.1. The fourth-order valence-electron chi connectivity index (χ4n) is 4.39. The van der Waals surface area contributed by atoms with E-state index in [-0.39, 0.29) is 17.4 Å². The Bertz CT molecular complexity index is 834. The molecule has 1 N–H and O–H groups in total. The van der Waals surface area contributed by atoms with Gasteiger partial charge in [-0.1, -0.05) is 12.1 Å². The van der Waals surface area contributed by atoms with E-state index in [2.05, 4.69) is 26.1 Å². The number of amides is 2. The van der Waals surface area contributed by atoms with Gasteiger partial charge in [-0.2, -0.15) is 5.26 Å². The third kappa shape index (κ3) is 8.43. The van der Waals surface area contributed by atoms with Crippen molar-refractivity contribution < 1.29 is 9.59 Å². The van der Waals surface area contributed by atoms with Crippen LogP contribution in [-0.2, 0) is 16.1 Å². The molecule has 2 aliphatic rings. The van der Waals surface area contributed by atoms with E-state index in [1.54, 1.807) is 0 Å². The van der Waals surface area contributed by atoms with Crippen molar-refractivity contribution in [2.24, 2.45) is 0 Å². The normalized spacial score (nSPS) is 19.0. The average Bonchev–Trinajstić information content (AvgIpc) is 2.98. The van der Waals surface area contributed by atoms with E-state index < -0.39 is 0 Å². The number of nitrogens with one attached hydrogen (secondary N) is 1. The molecule has 0 aromatic heterocycles. The van der Waals surface area contributed by atoms with Gasteiger partial charge in [0, 0.05) is 51.4 Å². The summed E-state index contributed by atoms with van der Waals surface area (Å²) in [6, 6.07) is 9.95. The molecule has 0 unspecified atom stereocenters. The fourth-order valence-corrected chi connectivity index (χ4v) is 4.39. The summed E-state index contributed by atoms with van der Waals surface area (Å²) in [6.45, 7) is 14.3. The molecule has 0 aliphatic carbocycles. The van der Waals surface area contributed by atoms with Crippen LogP contribution in [0.5, 0.6) is 0 Å². The highest BCUT2D eigenvalue weighted by atomic mass is 16.2. The average molecular weight is 455 g/mol. The molecular formula is C25H38N6O2. The smallest absolute Gasteiger partial charge is 0.236 e. The second-order valence-corrected chi connectivity index (χ2v) is 10.2. The van der Waals surface area contributed by atoms with Crippen molar-refractivity contribution >= 4 is 11.8 Å². The van der Waals surface area contributed by atoms with E-state index in [1.165, 1.54) is 5.56 Å². The van der Waals surface area contributed by atoms with Gasteiger partial charge in [0.25, 0.3) is 0 Å². The van der Waals surface area contributed by atoms with Crippen LogP contribution in [0, 0.1) is 11.3 Å². The molecule has 1 aromatic carbocycles. The van der Waals surface area contributed by atoms with Crippen LogP contribution in [0.25, 0.3) is 0 Å². The molecule has 2 fully saturated rings. The molecule has 0 saturated carbocycles. The molecule has 0 atom stereocenters. The number of hydrogen-bond donors (Lipinski definition) is 1. The molecule has 8 heteroatoms. The second-order valence-electron chi connectivity index (χ2n) is 10.2. The molecule has 1 aromatic rings. The topological polar surface area (TPSA) is 82.9 Å². The van der Waals surface area contributed by atoms with E-state index in [4.69, 9.17) is 5.26 Å². The van der Waals surface area contributed by atoms with E-state index in [9.17, 15) is 9.59 Å². The van der Waals surface area contributed by atoms with Gasteiger partial charge < -0.3 is 10.2 Å². The van der Waals surface area contributed by atoms with Crippen molar-refractivity contribution in [1.29, 1.82) is 5.26 Å². The summed E-state index contributed by atoms with van der Waals surface area (Å²) in [5.74, 6) is 0.228. The van der Waals surface area contributed by atoms with Crippen molar-refractivity contribution in [3.63, 3.8) is 0 Å². The zero-order valence-corrected chi connectivity index (χ0v) is 20.3. The number of nitrogens with zero attached hydrogens (tertiary/aromatic N) is 5. The molecule has 3 rings (SSSR count). The molecule has 180 valence electrons. The van der Waals surface area contributed by atoms with Crippen LogP contribution in [-0.4, -0.2) is 102 Å². The number of piperazine rings is 1. The van der Waals surface area contributed by atoms with Crippen LogP contribution < -0.4 is 5.32 Å². The first-order valence-electron chi connectivity index (χ1n) is 12.0. The Morgan fingerprint density at radius 3 is 2.09 bits per heavy atom. The lowest BCUT2D eigenvalue weighted by molar-refractivity contribution is -0.134. The molecule has 2 heterocycles. The minimum Gasteiger partial charge on any atom is -0.350 e. The summed E-state index contributed by atoms with van der Waals surface area (Å²) in [7, 11) is 0. The monoisotopic (exact) mass is 454 g/mol. The lowest BCUT2D eigenvalue weighted by Crippen LogP contribution is -2.54. The van der Waals surface area contributed by atoms with Gasteiger partial charge >= 0.3 is 0 Å². The number of rotatable bonds is 6. The number of hydrogen-bond acceptors (Lipinski definition) is 6. The summed E-state index contributed by atoms with van der Waals surface area (Å²) in [4.78, 5) is 33.8. The summed E-state index contributed by atoms with van der Waals surface area (Å²) in [6.07, 6.45) is 1.04. The van der Waals surface area contributed by atoms with Crippen LogP contribution in [0.2, 0.25) is 0 Å². The first kappa shape index (κ1) is 25.2. The Labute approximate surface area is 198 Å². The standard InChI is InChI=1S/C25H38N6O2/c1-25(2,3)27-23(32)19-30-13-15-31(16-14-30)24(33)20-29-10-4-9-28(11-12-29)18-22-7-5-21(17-26)6-8-22/h5-8H,4,9-16,18-20H2,1-3H3,(H,27,32). The summed E-state index contributed by atoms with van der Waals surface area (Å²) in [5.41, 5.74) is 1.68. The lowest BCUT2D eigenvalue weighted by Gasteiger charge is -2.35. The third-order valence-electron chi connectivity index (χ3n) is 6.14. The highest BCUT2D eigenvalue weighted by molar-refractivity contribution is 5.79. The summed E-state index contributed by atoms with van der Waals surface area (Å²) in [5, 5.41) is 12.0. The van der Waals surface area contributed by atoms with Crippen LogP contribution in [0.15, 0.2) is 24.3 Å². The molecule has 2 aliphatic heterocycles. The maximum Gasteiger partial charge on any atom is 0.236 e. The summed E-state index contributed by atoms with van der Waals surface area (Å²) < 4.78 is 0. The zero-order valence-electron chi connectivity index (χ0n) is 20.3. The minimum atomic E-state index is -0.223. The van der Waals surface area contributed by atoms with E-state index in [0.29, 0.717) is 31.7 Å². The third-order valence-corrected chi connectivity index (χ3v) is 6.14. The molecule has 2 saturated heterocycles. The van der Waals surface area contributed by atoms with Crippen LogP contribution in [0.4, 0.5) is 0 Å². The molecule has 0 radical (unpaired) electrons. The number of nitriles is 1. The Balaban J connectivity index is 1.38. The predicted molar refractivity (Wildman–Crippen MR) is 128 cm³/mol. The van der Waals surface area contributed by atoms with Gasteiger partial charge in [-0.15, -0.1) is 0 Å².